The summed E-state index contributed by atoms with van der Waals surface area (Å²) in [4.78, 5) is 19.8. The van der Waals surface area contributed by atoms with E-state index in [0.717, 1.165) is 38.4 Å². The SMILES string of the molecule is CCCC(C(=O)O)N1CCN(c2ccc(N)cn2)CC1. The molecule has 6 nitrogen and oxygen atoms in total. The Morgan fingerprint density at radius 2 is 2.10 bits per heavy atom. The first-order valence-corrected chi connectivity index (χ1v) is 7.05. The first kappa shape index (κ1) is 14.6. The fourth-order valence-electron chi connectivity index (χ4n) is 2.58. The monoisotopic (exact) mass is 278 g/mol. The van der Waals surface area contributed by atoms with E-state index in [1.165, 1.54) is 0 Å². The van der Waals surface area contributed by atoms with Crippen molar-refractivity contribution in [1.82, 2.24) is 9.88 Å². The molecule has 0 saturated carbocycles. The third-order valence-corrected chi connectivity index (χ3v) is 3.70. The van der Waals surface area contributed by atoms with Crippen molar-refractivity contribution in [3.8, 4) is 0 Å². The molecular formula is C14H22N4O2. The predicted octanol–water partition coefficient (Wildman–Crippen LogP) is 1.04. The Morgan fingerprint density at radius 1 is 1.40 bits per heavy atom. The second-order valence-electron chi connectivity index (χ2n) is 5.12. The van der Waals surface area contributed by atoms with Crippen molar-refractivity contribution < 1.29 is 9.90 Å². The summed E-state index contributed by atoms with van der Waals surface area (Å²) in [6.45, 7) is 5.12. The van der Waals surface area contributed by atoms with Crippen LogP contribution in [0.3, 0.4) is 0 Å². The normalized spacial score (nSPS) is 17.9. The number of anilines is 2. The van der Waals surface area contributed by atoms with E-state index in [9.17, 15) is 9.90 Å². The summed E-state index contributed by atoms with van der Waals surface area (Å²) >= 11 is 0. The average Bonchev–Trinajstić information content (AvgIpc) is 2.45. The standard InChI is InChI=1S/C14H22N4O2/c1-2-3-12(14(19)20)17-6-8-18(9-7-17)13-5-4-11(15)10-16-13/h4-5,10,12H,2-3,6-9,15H2,1H3,(H,19,20). The summed E-state index contributed by atoms with van der Waals surface area (Å²) in [5, 5.41) is 9.29. The maximum Gasteiger partial charge on any atom is 0.320 e. The van der Waals surface area contributed by atoms with Gasteiger partial charge in [-0.2, -0.15) is 0 Å². The van der Waals surface area contributed by atoms with Crippen LogP contribution >= 0.6 is 0 Å². The Hall–Kier alpha value is -1.82. The summed E-state index contributed by atoms with van der Waals surface area (Å²) in [6.07, 6.45) is 3.24. The lowest BCUT2D eigenvalue weighted by atomic mass is 10.1. The van der Waals surface area contributed by atoms with Crippen molar-refractivity contribution in [2.75, 3.05) is 36.8 Å². The number of nitrogens with zero attached hydrogens (tertiary/aromatic N) is 3. The zero-order chi connectivity index (χ0) is 14.5. The van der Waals surface area contributed by atoms with Gasteiger partial charge in [0.15, 0.2) is 0 Å². The third kappa shape index (κ3) is 3.39. The zero-order valence-corrected chi connectivity index (χ0v) is 11.8. The molecule has 0 spiro atoms. The van der Waals surface area contributed by atoms with Gasteiger partial charge in [0.2, 0.25) is 0 Å². The minimum Gasteiger partial charge on any atom is -0.480 e. The van der Waals surface area contributed by atoms with Gasteiger partial charge in [0.05, 0.1) is 11.9 Å². The van der Waals surface area contributed by atoms with E-state index in [1.54, 1.807) is 6.20 Å². The van der Waals surface area contributed by atoms with Crippen molar-refractivity contribution in [3.63, 3.8) is 0 Å². The van der Waals surface area contributed by atoms with Crippen LogP contribution in [0, 0.1) is 0 Å². The number of rotatable bonds is 5. The van der Waals surface area contributed by atoms with Crippen LogP contribution in [0.25, 0.3) is 0 Å². The summed E-state index contributed by atoms with van der Waals surface area (Å²) < 4.78 is 0. The Morgan fingerprint density at radius 3 is 2.60 bits per heavy atom. The molecule has 1 saturated heterocycles. The molecule has 110 valence electrons. The molecule has 1 aromatic heterocycles. The number of carboxylic acid groups (broad SMARTS) is 1. The Balaban J connectivity index is 1.94. The number of pyridine rings is 1. The van der Waals surface area contributed by atoms with E-state index in [2.05, 4.69) is 14.8 Å². The molecule has 1 unspecified atom stereocenters. The molecule has 6 heteroatoms. The van der Waals surface area contributed by atoms with Gasteiger partial charge in [-0.05, 0) is 18.6 Å². The van der Waals surface area contributed by atoms with Crippen LogP contribution in [-0.2, 0) is 4.79 Å². The van der Waals surface area contributed by atoms with Crippen molar-refractivity contribution in [2.24, 2.45) is 0 Å². The van der Waals surface area contributed by atoms with Gasteiger partial charge in [0.1, 0.15) is 11.9 Å². The molecular weight excluding hydrogens is 256 g/mol. The lowest BCUT2D eigenvalue weighted by molar-refractivity contribution is -0.143. The zero-order valence-electron chi connectivity index (χ0n) is 11.8. The smallest absolute Gasteiger partial charge is 0.320 e. The van der Waals surface area contributed by atoms with Gasteiger partial charge < -0.3 is 15.7 Å². The van der Waals surface area contributed by atoms with E-state index < -0.39 is 5.97 Å². The second-order valence-corrected chi connectivity index (χ2v) is 5.12. The number of carboxylic acids is 1. The van der Waals surface area contributed by atoms with E-state index in [1.807, 2.05) is 19.1 Å². The molecule has 1 atom stereocenters. The highest BCUT2D eigenvalue weighted by Gasteiger charge is 2.28. The van der Waals surface area contributed by atoms with Crippen LogP contribution in [0.1, 0.15) is 19.8 Å². The van der Waals surface area contributed by atoms with Gasteiger partial charge in [-0.3, -0.25) is 9.69 Å². The van der Waals surface area contributed by atoms with Crippen molar-refractivity contribution in [3.05, 3.63) is 18.3 Å². The highest BCUT2D eigenvalue weighted by atomic mass is 16.4. The number of carbonyl (C=O) groups is 1. The van der Waals surface area contributed by atoms with Gasteiger partial charge in [-0.15, -0.1) is 0 Å². The van der Waals surface area contributed by atoms with Crippen molar-refractivity contribution in [1.29, 1.82) is 0 Å². The maximum atomic E-state index is 11.3. The minimum absolute atomic E-state index is 0.360. The first-order valence-electron chi connectivity index (χ1n) is 7.05. The molecule has 0 bridgehead atoms. The van der Waals surface area contributed by atoms with E-state index in [0.29, 0.717) is 12.1 Å². The van der Waals surface area contributed by atoms with E-state index in [4.69, 9.17) is 5.73 Å². The molecule has 1 aliphatic heterocycles. The van der Waals surface area contributed by atoms with Crippen LogP contribution in [0.2, 0.25) is 0 Å². The lowest BCUT2D eigenvalue weighted by Crippen LogP contribution is -2.52. The maximum absolute atomic E-state index is 11.3. The Kier molecular flexibility index (Phi) is 4.79. The molecule has 2 heterocycles. The van der Waals surface area contributed by atoms with Crippen LogP contribution in [0.5, 0.6) is 0 Å². The quantitative estimate of drug-likeness (QED) is 0.837. The van der Waals surface area contributed by atoms with Crippen LogP contribution < -0.4 is 10.6 Å². The number of nitrogens with two attached hydrogens (primary N) is 1. The summed E-state index contributed by atoms with van der Waals surface area (Å²) in [6, 6.07) is 3.39. The average molecular weight is 278 g/mol. The topological polar surface area (TPSA) is 82.7 Å². The van der Waals surface area contributed by atoms with Crippen LogP contribution in [-0.4, -0.2) is 53.2 Å². The van der Waals surface area contributed by atoms with Gasteiger partial charge in [0.25, 0.3) is 0 Å². The van der Waals surface area contributed by atoms with Crippen LogP contribution in [0.15, 0.2) is 18.3 Å². The third-order valence-electron chi connectivity index (χ3n) is 3.70. The van der Waals surface area contributed by atoms with Crippen molar-refractivity contribution >= 4 is 17.5 Å². The molecule has 0 aromatic carbocycles. The molecule has 0 amide bonds. The van der Waals surface area contributed by atoms with Gasteiger partial charge >= 0.3 is 5.97 Å². The van der Waals surface area contributed by atoms with Gasteiger partial charge in [0, 0.05) is 26.2 Å². The van der Waals surface area contributed by atoms with Gasteiger partial charge in [-0.1, -0.05) is 13.3 Å². The van der Waals surface area contributed by atoms with Gasteiger partial charge in [-0.25, -0.2) is 4.98 Å². The van der Waals surface area contributed by atoms with Crippen molar-refractivity contribution in [2.45, 2.75) is 25.8 Å². The number of aliphatic carboxylic acids is 1. The fourth-order valence-corrected chi connectivity index (χ4v) is 2.58. The predicted molar refractivity (Wildman–Crippen MR) is 78.8 cm³/mol. The Labute approximate surface area is 119 Å². The summed E-state index contributed by atoms with van der Waals surface area (Å²) in [5.74, 6) is 0.187. The molecule has 2 rings (SSSR count). The fraction of sp³-hybridized carbons (Fsp3) is 0.571. The van der Waals surface area contributed by atoms with E-state index >= 15 is 0 Å². The number of aromatic nitrogens is 1. The van der Waals surface area contributed by atoms with E-state index in [-0.39, 0.29) is 6.04 Å². The highest BCUT2D eigenvalue weighted by molar-refractivity contribution is 5.73. The Bertz CT molecular complexity index is 441. The number of nitrogen functional groups attached to an aromatic ring is 1. The molecule has 3 N–H and O–H groups in total. The molecule has 1 aromatic rings. The summed E-state index contributed by atoms with van der Waals surface area (Å²) in [7, 11) is 0. The number of hydrogen-bond donors (Lipinski definition) is 2. The summed E-state index contributed by atoms with van der Waals surface area (Å²) in [5.41, 5.74) is 6.28. The first-order chi connectivity index (χ1) is 9.61. The molecule has 20 heavy (non-hydrogen) atoms. The molecule has 1 aliphatic rings. The minimum atomic E-state index is -0.717. The largest absolute Gasteiger partial charge is 0.480 e. The molecule has 0 aliphatic carbocycles. The highest BCUT2D eigenvalue weighted by Crippen LogP contribution is 2.17. The molecule has 1 fully saturated rings. The molecule has 0 radical (unpaired) electrons. The number of hydrogen-bond acceptors (Lipinski definition) is 5. The second kappa shape index (κ2) is 6.56. The number of piperazine rings is 1. The lowest BCUT2D eigenvalue weighted by Gasteiger charge is -2.38. The van der Waals surface area contributed by atoms with Crippen LogP contribution in [0.4, 0.5) is 11.5 Å².